The standard InChI is InChI=1S/C12H14N4S/c1-2-9(8-13-6-1)5-7-14-12-15-11(16-17-12)10-3-4-10/h1-2,6,8,10H,3-5,7H2,(H,14,15,16). The Balaban J connectivity index is 1.50. The first-order chi connectivity index (χ1) is 8.42. The van der Waals surface area contributed by atoms with Crippen molar-refractivity contribution in [1.82, 2.24) is 14.3 Å². The molecule has 0 atom stereocenters. The number of pyridine rings is 1. The highest BCUT2D eigenvalue weighted by atomic mass is 32.1. The summed E-state index contributed by atoms with van der Waals surface area (Å²) in [4.78, 5) is 8.58. The first-order valence-corrected chi connectivity index (χ1v) is 6.65. The third kappa shape index (κ3) is 2.79. The highest BCUT2D eigenvalue weighted by molar-refractivity contribution is 7.09. The van der Waals surface area contributed by atoms with Crippen molar-refractivity contribution < 1.29 is 0 Å². The molecule has 1 N–H and O–H groups in total. The Kier molecular flexibility index (Phi) is 3.00. The zero-order valence-electron chi connectivity index (χ0n) is 9.47. The van der Waals surface area contributed by atoms with Gasteiger partial charge in [-0.3, -0.25) is 4.98 Å². The van der Waals surface area contributed by atoms with E-state index in [1.807, 2.05) is 12.3 Å². The van der Waals surface area contributed by atoms with Gasteiger partial charge < -0.3 is 5.32 Å². The fourth-order valence-electron chi connectivity index (χ4n) is 1.67. The Morgan fingerprint density at radius 2 is 2.35 bits per heavy atom. The molecule has 0 amide bonds. The maximum Gasteiger partial charge on any atom is 0.202 e. The number of rotatable bonds is 5. The van der Waals surface area contributed by atoms with Crippen LogP contribution in [0.2, 0.25) is 0 Å². The van der Waals surface area contributed by atoms with Gasteiger partial charge in [-0.15, -0.1) is 0 Å². The topological polar surface area (TPSA) is 50.7 Å². The Morgan fingerprint density at radius 3 is 3.12 bits per heavy atom. The molecular formula is C12H14N4S. The van der Waals surface area contributed by atoms with Crippen LogP contribution in [0.15, 0.2) is 24.5 Å². The number of aromatic nitrogens is 3. The first-order valence-electron chi connectivity index (χ1n) is 5.88. The molecule has 5 heteroatoms. The summed E-state index contributed by atoms with van der Waals surface area (Å²) >= 11 is 1.47. The molecule has 2 aromatic rings. The van der Waals surface area contributed by atoms with E-state index >= 15 is 0 Å². The second kappa shape index (κ2) is 4.79. The van der Waals surface area contributed by atoms with Gasteiger partial charge in [0.15, 0.2) is 0 Å². The van der Waals surface area contributed by atoms with E-state index in [0.29, 0.717) is 5.92 Å². The summed E-state index contributed by atoms with van der Waals surface area (Å²) in [5, 5.41) is 4.25. The Labute approximate surface area is 104 Å². The zero-order chi connectivity index (χ0) is 11.5. The van der Waals surface area contributed by atoms with Gasteiger partial charge in [0, 0.05) is 36.4 Å². The molecule has 0 unspecified atom stereocenters. The molecule has 88 valence electrons. The number of nitrogens with zero attached hydrogens (tertiary/aromatic N) is 3. The highest BCUT2D eigenvalue weighted by Crippen LogP contribution is 2.39. The normalized spacial score (nSPS) is 14.8. The van der Waals surface area contributed by atoms with Crippen LogP contribution in [0.3, 0.4) is 0 Å². The van der Waals surface area contributed by atoms with E-state index in [1.54, 1.807) is 6.20 Å². The van der Waals surface area contributed by atoms with E-state index in [1.165, 1.54) is 29.9 Å². The predicted octanol–water partition coefficient (Wildman–Crippen LogP) is 2.47. The summed E-state index contributed by atoms with van der Waals surface area (Å²) < 4.78 is 4.36. The molecule has 2 heterocycles. The van der Waals surface area contributed by atoms with E-state index in [0.717, 1.165) is 23.9 Å². The molecule has 0 bridgehead atoms. The van der Waals surface area contributed by atoms with Gasteiger partial charge in [-0.1, -0.05) is 6.07 Å². The van der Waals surface area contributed by atoms with Gasteiger partial charge in [0.2, 0.25) is 5.13 Å². The highest BCUT2D eigenvalue weighted by Gasteiger charge is 2.27. The van der Waals surface area contributed by atoms with E-state index in [2.05, 4.69) is 25.7 Å². The molecule has 1 saturated carbocycles. The fraction of sp³-hybridized carbons (Fsp3) is 0.417. The van der Waals surface area contributed by atoms with Crippen LogP contribution in [-0.4, -0.2) is 20.9 Å². The van der Waals surface area contributed by atoms with Gasteiger partial charge in [-0.05, 0) is 30.9 Å². The second-order valence-corrected chi connectivity index (χ2v) is 5.02. The maximum absolute atomic E-state index is 4.48. The zero-order valence-corrected chi connectivity index (χ0v) is 10.3. The monoisotopic (exact) mass is 246 g/mol. The number of anilines is 1. The van der Waals surface area contributed by atoms with Gasteiger partial charge in [0.1, 0.15) is 5.82 Å². The molecule has 0 spiro atoms. The molecule has 0 aliphatic heterocycles. The number of nitrogens with one attached hydrogen (secondary N) is 1. The Morgan fingerprint density at radius 1 is 1.41 bits per heavy atom. The van der Waals surface area contributed by atoms with Crippen LogP contribution in [0.25, 0.3) is 0 Å². The van der Waals surface area contributed by atoms with Crippen molar-refractivity contribution in [3.63, 3.8) is 0 Å². The molecule has 0 aromatic carbocycles. The molecule has 3 rings (SSSR count). The molecule has 1 fully saturated rings. The molecular weight excluding hydrogens is 232 g/mol. The molecule has 4 nitrogen and oxygen atoms in total. The SMILES string of the molecule is c1cncc(CCNc2nc(C3CC3)ns2)c1. The number of hydrogen-bond donors (Lipinski definition) is 1. The van der Waals surface area contributed by atoms with Crippen molar-refractivity contribution in [2.75, 3.05) is 11.9 Å². The maximum atomic E-state index is 4.48. The average Bonchev–Trinajstić information content (AvgIpc) is 3.11. The van der Waals surface area contributed by atoms with Gasteiger partial charge in [-0.25, -0.2) is 4.98 Å². The lowest BCUT2D eigenvalue weighted by molar-refractivity contribution is 0.966. The summed E-state index contributed by atoms with van der Waals surface area (Å²) in [5.74, 6) is 1.67. The van der Waals surface area contributed by atoms with Crippen LogP contribution in [0.4, 0.5) is 5.13 Å². The van der Waals surface area contributed by atoms with E-state index in [9.17, 15) is 0 Å². The van der Waals surface area contributed by atoms with Gasteiger partial charge in [-0.2, -0.15) is 4.37 Å². The van der Waals surface area contributed by atoms with Gasteiger partial charge >= 0.3 is 0 Å². The smallest absolute Gasteiger partial charge is 0.202 e. The minimum absolute atomic E-state index is 0.639. The minimum Gasteiger partial charge on any atom is -0.360 e. The van der Waals surface area contributed by atoms with Crippen molar-refractivity contribution in [2.24, 2.45) is 0 Å². The predicted molar refractivity (Wildman–Crippen MR) is 68.3 cm³/mol. The molecule has 1 aliphatic carbocycles. The van der Waals surface area contributed by atoms with Crippen molar-refractivity contribution >= 4 is 16.7 Å². The third-order valence-electron chi connectivity index (χ3n) is 2.80. The van der Waals surface area contributed by atoms with E-state index < -0.39 is 0 Å². The first kappa shape index (κ1) is 10.7. The lowest BCUT2D eigenvalue weighted by Crippen LogP contribution is -2.04. The van der Waals surface area contributed by atoms with Crippen LogP contribution in [0.5, 0.6) is 0 Å². The fourth-order valence-corrected chi connectivity index (χ4v) is 2.34. The molecule has 0 saturated heterocycles. The largest absolute Gasteiger partial charge is 0.360 e. The molecule has 0 radical (unpaired) electrons. The average molecular weight is 246 g/mol. The summed E-state index contributed by atoms with van der Waals surface area (Å²) in [6.07, 6.45) is 7.17. The summed E-state index contributed by atoms with van der Waals surface area (Å²) in [6.45, 7) is 0.880. The molecule has 1 aliphatic rings. The van der Waals surface area contributed by atoms with Crippen LogP contribution < -0.4 is 5.32 Å². The second-order valence-electron chi connectivity index (χ2n) is 4.27. The lowest BCUT2D eigenvalue weighted by atomic mass is 10.2. The van der Waals surface area contributed by atoms with Crippen LogP contribution in [0, 0.1) is 0 Å². The van der Waals surface area contributed by atoms with Crippen molar-refractivity contribution in [1.29, 1.82) is 0 Å². The van der Waals surface area contributed by atoms with Crippen LogP contribution >= 0.6 is 11.5 Å². The summed E-state index contributed by atoms with van der Waals surface area (Å²) in [6, 6.07) is 4.05. The van der Waals surface area contributed by atoms with Crippen molar-refractivity contribution in [2.45, 2.75) is 25.2 Å². The van der Waals surface area contributed by atoms with Gasteiger partial charge in [0.25, 0.3) is 0 Å². The van der Waals surface area contributed by atoms with E-state index in [-0.39, 0.29) is 0 Å². The third-order valence-corrected chi connectivity index (χ3v) is 3.48. The van der Waals surface area contributed by atoms with Crippen molar-refractivity contribution in [3.8, 4) is 0 Å². The van der Waals surface area contributed by atoms with Crippen LogP contribution in [-0.2, 0) is 6.42 Å². The summed E-state index contributed by atoms with van der Waals surface area (Å²) in [7, 11) is 0. The van der Waals surface area contributed by atoms with E-state index in [4.69, 9.17) is 0 Å². The Hall–Kier alpha value is -1.49. The van der Waals surface area contributed by atoms with Crippen LogP contribution in [0.1, 0.15) is 30.1 Å². The van der Waals surface area contributed by atoms with Crippen molar-refractivity contribution in [3.05, 3.63) is 35.9 Å². The van der Waals surface area contributed by atoms with Gasteiger partial charge in [0.05, 0.1) is 0 Å². The lowest BCUT2D eigenvalue weighted by Gasteiger charge is -2.01. The quantitative estimate of drug-likeness (QED) is 0.880. The minimum atomic E-state index is 0.639. The molecule has 17 heavy (non-hydrogen) atoms. The number of hydrogen-bond acceptors (Lipinski definition) is 5. The Bertz CT molecular complexity index is 478. The summed E-state index contributed by atoms with van der Waals surface area (Å²) in [5.41, 5.74) is 1.24. The molecule has 2 aromatic heterocycles.